The van der Waals surface area contributed by atoms with E-state index in [1.165, 1.54) is 37.5 Å². The van der Waals surface area contributed by atoms with E-state index < -0.39 is 66.2 Å². The van der Waals surface area contributed by atoms with Crippen LogP contribution in [-0.2, 0) is 9.53 Å². The highest BCUT2D eigenvalue weighted by atomic mass is 19.2. The van der Waals surface area contributed by atoms with Crippen LogP contribution in [0, 0.1) is 17.5 Å². The number of carbonyl (C=O) groups is 1. The second-order valence-electron chi connectivity index (χ2n) is 8.82. The molecule has 5 atom stereocenters. The van der Waals surface area contributed by atoms with E-state index in [2.05, 4.69) is 10.3 Å². The highest BCUT2D eigenvalue weighted by molar-refractivity contribution is 5.92. The smallest absolute Gasteiger partial charge is 0.273 e. The molecule has 2 aromatic carbocycles. The van der Waals surface area contributed by atoms with E-state index in [1.807, 2.05) is 0 Å². The Labute approximate surface area is 220 Å². The van der Waals surface area contributed by atoms with Gasteiger partial charge in [-0.25, -0.2) is 23.7 Å². The number of benzene rings is 2. The topological polar surface area (TPSA) is 176 Å². The van der Waals surface area contributed by atoms with Crippen molar-refractivity contribution in [1.82, 2.24) is 19.9 Å². The zero-order chi connectivity index (χ0) is 28.4. The Bertz CT molecular complexity index is 1370. The van der Waals surface area contributed by atoms with Crippen molar-refractivity contribution in [3.8, 4) is 11.3 Å². The summed E-state index contributed by atoms with van der Waals surface area (Å²) in [6.07, 6.45) is -3.45. The van der Waals surface area contributed by atoms with Crippen LogP contribution >= 0.6 is 0 Å². The third kappa shape index (κ3) is 5.71. The first-order valence-electron chi connectivity index (χ1n) is 11.6. The average molecular weight is 550 g/mol. The van der Waals surface area contributed by atoms with Crippen LogP contribution in [0.2, 0.25) is 0 Å². The van der Waals surface area contributed by atoms with Gasteiger partial charge in [-0.3, -0.25) is 9.80 Å². The molecule has 1 aromatic heterocycles. The van der Waals surface area contributed by atoms with Crippen molar-refractivity contribution in [2.24, 2.45) is 11.6 Å². The van der Waals surface area contributed by atoms with Crippen molar-refractivity contribution in [2.45, 2.75) is 30.6 Å². The summed E-state index contributed by atoms with van der Waals surface area (Å²) in [5, 5.41) is 40.4. The third-order valence-corrected chi connectivity index (χ3v) is 6.23. The number of nitrogens with two attached hydrogens (primary N) is 2. The Balaban J connectivity index is 1.57. The number of ether oxygens (including phenoxy) is 1. The Morgan fingerprint density at radius 3 is 2.56 bits per heavy atom. The number of aliphatic hydroxyl groups is 3. The van der Waals surface area contributed by atoms with E-state index in [4.69, 9.17) is 16.3 Å². The lowest BCUT2D eigenvalue weighted by atomic mass is 9.95. The molecule has 2 heterocycles. The zero-order valence-corrected chi connectivity index (χ0v) is 20.5. The number of hydrazine groups is 1. The van der Waals surface area contributed by atoms with Gasteiger partial charge < -0.3 is 30.7 Å². The Morgan fingerprint density at radius 1 is 1.15 bits per heavy atom. The van der Waals surface area contributed by atoms with Crippen molar-refractivity contribution >= 4 is 11.6 Å². The van der Waals surface area contributed by atoms with Crippen molar-refractivity contribution in [2.75, 3.05) is 18.7 Å². The van der Waals surface area contributed by atoms with Gasteiger partial charge in [0, 0.05) is 24.9 Å². The molecule has 0 saturated carbocycles. The molecule has 1 saturated heterocycles. The standard InChI is InChI=1S/C24H26F3N7O5/c1-32(23(38)17(28)9-33(29)14-5-6-15(26)16(27)8-14)24-22(37)20(21(36)19(11-35)39-24)34-10-18(30-31-34)12-3-2-4-13(25)7-12/h2-10,19-22,24,35-37H,11,28-29H2,1H3/b17-9-. The monoisotopic (exact) mass is 549 g/mol. The van der Waals surface area contributed by atoms with Crippen molar-refractivity contribution < 1.29 is 38.0 Å². The Kier molecular flexibility index (Phi) is 8.17. The molecule has 3 aromatic rings. The van der Waals surface area contributed by atoms with Gasteiger partial charge in [-0.1, -0.05) is 17.3 Å². The van der Waals surface area contributed by atoms with E-state index in [-0.39, 0.29) is 11.4 Å². The van der Waals surface area contributed by atoms with Crippen molar-refractivity contribution in [3.05, 3.63) is 78.0 Å². The molecule has 0 spiro atoms. The minimum absolute atomic E-state index is 0.00920. The fraction of sp³-hybridized carbons (Fsp3) is 0.292. The van der Waals surface area contributed by atoms with Gasteiger partial charge in [0.1, 0.15) is 41.6 Å². The number of aromatic nitrogens is 3. The summed E-state index contributed by atoms with van der Waals surface area (Å²) in [6.45, 7) is -0.674. The van der Waals surface area contributed by atoms with Gasteiger partial charge in [-0.2, -0.15) is 0 Å². The second-order valence-corrected chi connectivity index (χ2v) is 8.82. The largest absolute Gasteiger partial charge is 0.394 e. The molecule has 1 aliphatic heterocycles. The summed E-state index contributed by atoms with van der Waals surface area (Å²) in [7, 11) is 1.25. The van der Waals surface area contributed by atoms with E-state index in [1.54, 1.807) is 6.07 Å². The molecular formula is C24H26F3N7O5. The molecule has 208 valence electrons. The van der Waals surface area contributed by atoms with Gasteiger partial charge >= 0.3 is 0 Å². The lowest BCUT2D eigenvalue weighted by Crippen LogP contribution is -2.61. The van der Waals surface area contributed by atoms with Gasteiger partial charge in [0.15, 0.2) is 17.9 Å². The molecule has 7 N–H and O–H groups in total. The molecule has 0 aliphatic carbocycles. The maximum Gasteiger partial charge on any atom is 0.273 e. The van der Waals surface area contributed by atoms with Crippen LogP contribution in [0.15, 0.2) is 60.6 Å². The molecule has 0 bridgehead atoms. The first kappa shape index (κ1) is 28.0. The van der Waals surface area contributed by atoms with Crippen LogP contribution in [0.5, 0.6) is 0 Å². The van der Waals surface area contributed by atoms with Crippen molar-refractivity contribution in [3.63, 3.8) is 0 Å². The van der Waals surface area contributed by atoms with E-state index in [0.717, 1.165) is 32.9 Å². The maximum atomic E-state index is 13.7. The number of hydrogen-bond donors (Lipinski definition) is 5. The minimum atomic E-state index is -1.60. The summed E-state index contributed by atoms with van der Waals surface area (Å²) in [4.78, 5) is 14.0. The van der Waals surface area contributed by atoms with Gasteiger partial charge in [-0.05, 0) is 24.3 Å². The predicted octanol–water partition coefficient (Wildman–Crippen LogP) is -0.0187. The van der Waals surface area contributed by atoms with Crippen LogP contribution < -0.4 is 16.6 Å². The first-order valence-corrected chi connectivity index (χ1v) is 11.6. The van der Waals surface area contributed by atoms with Crippen LogP contribution in [0.25, 0.3) is 11.3 Å². The van der Waals surface area contributed by atoms with Gasteiger partial charge in [0.2, 0.25) is 0 Å². The first-order chi connectivity index (χ1) is 18.5. The summed E-state index contributed by atoms with van der Waals surface area (Å²) in [6, 6.07) is 7.12. The molecule has 12 nitrogen and oxygen atoms in total. The number of anilines is 1. The minimum Gasteiger partial charge on any atom is -0.394 e. The lowest BCUT2D eigenvalue weighted by Gasteiger charge is -2.45. The fourth-order valence-electron chi connectivity index (χ4n) is 4.16. The molecule has 1 fully saturated rings. The summed E-state index contributed by atoms with van der Waals surface area (Å²) >= 11 is 0. The average Bonchev–Trinajstić information content (AvgIpc) is 3.39. The number of amides is 1. The highest BCUT2D eigenvalue weighted by Gasteiger charge is 2.48. The zero-order valence-electron chi connectivity index (χ0n) is 20.5. The number of halogens is 3. The van der Waals surface area contributed by atoms with Gasteiger partial charge in [0.05, 0.1) is 18.5 Å². The van der Waals surface area contributed by atoms with Crippen molar-refractivity contribution in [1.29, 1.82) is 0 Å². The van der Waals surface area contributed by atoms with Crippen LogP contribution in [0.4, 0.5) is 18.9 Å². The third-order valence-electron chi connectivity index (χ3n) is 6.23. The van der Waals surface area contributed by atoms with E-state index >= 15 is 0 Å². The summed E-state index contributed by atoms with van der Waals surface area (Å²) < 4.78 is 47.1. The Hall–Kier alpha value is -4.02. The molecule has 0 radical (unpaired) electrons. The normalized spacial score (nSPS) is 23.5. The molecule has 4 rings (SSSR count). The van der Waals surface area contributed by atoms with Crippen LogP contribution in [-0.4, -0.2) is 79.3 Å². The molecule has 1 aliphatic rings. The predicted molar refractivity (Wildman–Crippen MR) is 130 cm³/mol. The van der Waals surface area contributed by atoms with Gasteiger partial charge in [0.25, 0.3) is 5.91 Å². The highest BCUT2D eigenvalue weighted by Crippen LogP contribution is 2.32. The van der Waals surface area contributed by atoms with Gasteiger partial charge in [-0.15, -0.1) is 5.10 Å². The number of nitrogens with zero attached hydrogens (tertiary/aromatic N) is 5. The number of hydrogen-bond acceptors (Lipinski definition) is 10. The van der Waals surface area contributed by atoms with Crippen LogP contribution in [0.3, 0.4) is 0 Å². The molecular weight excluding hydrogens is 523 g/mol. The lowest BCUT2D eigenvalue weighted by molar-refractivity contribution is -0.240. The maximum absolute atomic E-state index is 13.7. The quantitative estimate of drug-likeness (QED) is 0.153. The molecule has 39 heavy (non-hydrogen) atoms. The Morgan fingerprint density at radius 2 is 1.90 bits per heavy atom. The summed E-state index contributed by atoms with van der Waals surface area (Å²) in [5.41, 5.74) is 6.05. The molecule has 15 heteroatoms. The SMILES string of the molecule is CN(C(=O)/C(N)=C/N(N)c1ccc(F)c(F)c1)C1OC(CO)C(O)C(n2cc(-c3cccc(F)c3)nn2)C1O. The number of rotatable bonds is 7. The van der Waals surface area contributed by atoms with E-state index in [9.17, 15) is 33.3 Å². The molecule has 5 unspecified atom stereocenters. The number of carbonyl (C=O) groups excluding carboxylic acids is 1. The second kappa shape index (κ2) is 11.4. The summed E-state index contributed by atoms with van der Waals surface area (Å²) in [5.74, 6) is 2.17. The van der Waals surface area contributed by atoms with E-state index in [0.29, 0.717) is 5.56 Å². The molecule has 1 amide bonds. The van der Waals surface area contributed by atoms with Crippen LogP contribution in [0.1, 0.15) is 6.04 Å². The number of likely N-dealkylation sites (N-methyl/N-ethyl adjacent to an activating group) is 1. The number of aliphatic hydroxyl groups excluding tert-OH is 3. The fourth-order valence-corrected chi connectivity index (χ4v) is 4.16.